The minimum absolute atomic E-state index is 0.127. The van der Waals surface area contributed by atoms with Gasteiger partial charge in [-0.25, -0.2) is 9.67 Å². The summed E-state index contributed by atoms with van der Waals surface area (Å²) in [4.78, 5) is 16.8. The molecule has 0 unspecified atom stereocenters. The number of aromatic nitrogens is 3. The largest absolute Gasteiger partial charge is 0.494 e. The Balaban J connectivity index is 2.02. The lowest BCUT2D eigenvalue weighted by Crippen LogP contribution is -2.25. The molecule has 0 aliphatic rings. The first-order valence-corrected chi connectivity index (χ1v) is 9.24. The predicted octanol–water partition coefficient (Wildman–Crippen LogP) is 4.13. The lowest BCUT2D eigenvalue weighted by atomic mass is 10.2. The first-order valence-electron chi connectivity index (χ1n) is 8.86. The van der Waals surface area contributed by atoms with E-state index in [0.29, 0.717) is 24.0 Å². The van der Waals surface area contributed by atoms with E-state index in [0.717, 1.165) is 23.4 Å². The third-order valence-electron chi connectivity index (χ3n) is 3.84. The van der Waals surface area contributed by atoms with Gasteiger partial charge in [0.2, 0.25) is 5.82 Å². The second-order valence-corrected chi connectivity index (χ2v) is 6.30. The smallest absolute Gasteiger partial charge is 0.290 e. The lowest BCUT2D eigenvalue weighted by molar-refractivity contribution is 0.0943. The van der Waals surface area contributed by atoms with Gasteiger partial charge in [-0.05, 0) is 61.9 Å². The Labute approximate surface area is 163 Å². The normalized spacial score (nSPS) is 10.6. The summed E-state index contributed by atoms with van der Waals surface area (Å²) >= 11 is 6.00. The second kappa shape index (κ2) is 8.68. The number of carbonyl (C=O) groups excluding carboxylic acids is 1. The number of hydrogen-bond acceptors (Lipinski definition) is 4. The fourth-order valence-electron chi connectivity index (χ4n) is 2.54. The molecule has 3 aromatic rings. The highest BCUT2D eigenvalue weighted by molar-refractivity contribution is 6.30. The van der Waals surface area contributed by atoms with Gasteiger partial charge in [0.05, 0.1) is 12.3 Å². The van der Waals surface area contributed by atoms with E-state index in [4.69, 9.17) is 16.3 Å². The number of halogens is 1. The van der Waals surface area contributed by atoms with Gasteiger partial charge in [0, 0.05) is 17.1 Å². The summed E-state index contributed by atoms with van der Waals surface area (Å²) in [6.45, 7) is 5.10. The molecule has 0 aliphatic carbocycles. The number of nitrogens with zero attached hydrogens (tertiary/aromatic N) is 3. The molecule has 0 saturated carbocycles. The van der Waals surface area contributed by atoms with Crippen LogP contribution in [0.2, 0.25) is 5.02 Å². The van der Waals surface area contributed by atoms with Crippen molar-refractivity contribution in [1.82, 2.24) is 20.1 Å². The van der Waals surface area contributed by atoms with Gasteiger partial charge in [0.25, 0.3) is 5.91 Å². The molecule has 140 valence electrons. The zero-order chi connectivity index (χ0) is 19.2. The van der Waals surface area contributed by atoms with E-state index in [9.17, 15) is 4.79 Å². The molecule has 1 amide bonds. The number of nitrogens with one attached hydrogen (secondary N) is 1. The van der Waals surface area contributed by atoms with Crippen molar-refractivity contribution < 1.29 is 9.53 Å². The van der Waals surface area contributed by atoms with E-state index in [1.807, 2.05) is 50.2 Å². The Morgan fingerprint density at radius 3 is 2.44 bits per heavy atom. The Hall–Kier alpha value is -2.86. The molecular weight excluding hydrogens is 364 g/mol. The maximum Gasteiger partial charge on any atom is 0.290 e. The molecule has 0 fully saturated rings. The van der Waals surface area contributed by atoms with Gasteiger partial charge in [0.1, 0.15) is 5.75 Å². The van der Waals surface area contributed by atoms with Gasteiger partial charge in [0.15, 0.2) is 5.82 Å². The SMILES string of the molecule is CCCNC(=O)c1nc(-c2ccc(Cl)cc2)n(-c2ccc(OCC)cc2)n1. The molecule has 0 atom stereocenters. The van der Waals surface area contributed by atoms with Crippen LogP contribution >= 0.6 is 11.6 Å². The third kappa shape index (κ3) is 4.46. The zero-order valence-electron chi connectivity index (χ0n) is 15.3. The summed E-state index contributed by atoms with van der Waals surface area (Å²) in [6.07, 6.45) is 0.843. The summed E-state index contributed by atoms with van der Waals surface area (Å²) in [5, 5.41) is 7.87. The van der Waals surface area contributed by atoms with Crippen LogP contribution in [-0.2, 0) is 0 Å². The number of rotatable bonds is 7. The number of ether oxygens (including phenoxy) is 1. The topological polar surface area (TPSA) is 69.0 Å². The highest BCUT2D eigenvalue weighted by Gasteiger charge is 2.18. The predicted molar refractivity (Wildman–Crippen MR) is 106 cm³/mol. The Kier molecular flexibility index (Phi) is 6.08. The van der Waals surface area contributed by atoms with Crippen molar-refractivity contribution in [1.29, 1.82) is 0 Å². The van der Waals surface area contributed by atoms with E-state index in [1.54, 1.807) is 16.8 Å². The molecule has 0 spiro atoms. The summed E-state index contributed by atoms with van der Waals surface area (Å²) in [6, 6.07) is 14.8. The van der Waals surface area contributed by atoms with E-state index >= 15 is 0 Å². The number of hydrogen-bond donors (Lipinski definition) is 1. The highest BCUT2D eigenvalue weighted by atomic mass is 35.5. The quantitative estimate of drug-likeness (QED) is 0.665. The van der Waals surface area contributed by atoms with Gasteiger partial charge in [-0.3, -0.25) is 4.79 Å². The third-order valence-corrected chi connectivity index (χ3v) is 4.09. The molecule has 7 heteroatoms. The fraction of sp³-hybridized carbons (Fsp3) is 0.250. The van der Waals surface area contributed by atoms with Crippen molar-refractivity contribution in [3.63, 3.8) is 0 Å². The van der Waals surface area contributed by atoms with Crippen LogP contribution in [0, 0.1) is 0 Å². The molecule has 0 radical (unpaired) electrons. The van der Waals surface area contributed by atoms with Crippen LogP contribution in [0.25, 0.3) is 17.1 Å². The molecule has 0 saturated heterocycles. The van der Waals surface area contributed by atoms with Crippen molar-refractivity contribution >= 4 is 17.5 Å². The van der Waals surface area contributed by atoms with Crippen molar-refractivity contribution in [3.05, 3.63) is 59.4 Å². The van der Waals surface area contributed by atoms with Gasteiger partial charge in [-0.2, -0.15) is 0 Å². The molecule has 0 bridgehead atoms. The first kappa shape index (κ1) is 18.9. The van der Waals surface area contributed by atoms with Crippen LogP contribution in [0.5, 0.6) is 5.75 Å². The summed E-state index contributed by atoms with van der Waals surface area (Å²) < 4.78 is 7.14. The van der Waals surface area contributed by atoms with Crippen LogP contribution in [0.1, 0.15) is 30.9 Å². The molecule has 0 aliphatic heterocycles. The van der Waals surface area contributed by atoms with E-state index in [1.165, 1.54) is 0 Å². The monoisotopic (exact) mass is 384 g/mol. The lowest BCUT2D eigenvalue weighted by Gasteiger charge is -2.08. The fourth-order valence-corrected chi connectivity index (χ4v) is 2.67. The summed E-state index contributed by atoms with van der Waals surface area (Å²) in [7, 11) is 0. The zero-order valence-corrected chi connectivity index (χ0v) is 16.0. The molecule has 2 aromatic carbocycles. The highest BCUT2D eigenvalue weighted by Crippen LogP contribution is 2.24. The maximum atomic E-state index is 12.3. The van der Waals surface area contributed by atoms with Crippen molar-refractivity contribution in [2.24, 2.45) is 0 Å². The van der Waals surface area contributed by atoms with E-state index < -0.39 is 0 Å². The molecular formula is C20H21ClN4O2. The van der Waals surface area contributed by atoms with Crippen molar-refractivity contribution in [3.8, 4) is 22.8 Å². The van der Waals surface area contributed by atoms with Gasteiger partial charge in [-0.1, -0.05) is 18.5 Å². The van der Waals surface area contributed by atoms with Crippen LogP contribution in [0.3, 0.4) is 0 Å². The summed E-state index contributed by atoms with van der Waals surface area (Å²) in [5.41, 5.74) is 1.60. The molecule has 1 heterocycles. The Bertz CT molecular complexity index is 905. The van der Waals surface area contributed by atoms with Gasteiger partial charge >= 0.3 is 0 Å². The summed E-state index contributed by atoms with van der Waals surface area (Å²) in [5.74, 6) is 1.17. The van der Waals surface area contributed by atoms with Crippen molar-refractivity contribution in [2.45, 2.75) is 20.3 Å². The van der Waals surface area contributed by atoms with Crippen molar-refractivity contribution in [2.75, 3.05) is 13.2 Å². The van der Waals surface area contributed by atoms with Crippen LogP contribution in [0.4, 0.5) is 0 Å². The number of carbonyl (C=O) groups is 1. The average Bonchev–Trinajstić information content (AvgIpc) is 3.13. The van der Waals surface area contributed by atoms with E-state index in [-0.39, 0.29) is 11.7 Å². The molecule has 1 aromatic heterocycles. The minimum atomic E-state index is -0.295. The van der Waals surface area contributed by atoms with Crippen LogP contribution < -0.4 is 10.1 Å². The average molecular weight is 385 g/mol. The molecule has 27 heavy (non-hydrogen) atoms. The van der Waals surface area contributed by atoms with Crippen LogP contribution in [0.15, 0.2) is 48.5 Å². The Morgan fingerprint density at radius 2 is 1.81 bits per heavy atom. The van der Waals surface area contributed by atoms with E-state index in [2.05, 4.69) is 15.4 Å². The number of amides is 1. The number of benzene rings is 2. The van der Waals surface area contributed by atoms with Crippen LogP contribution in [-0.4, -0.2) is 33.8 Å². The second-order valence-electron chi connectivity index (χ2n) is 5.86. The van der Waals surface area contributed by atoms with Gasteiger partial charge in [-0.15, -0.1) is 5.10 Å². The Morgan fingerprint density at radius 1 is 1.11 bits per heavy atom. The molecule has 1 N–H and O–H groups in total. The first-order chi connectivity index (χ1) is 13.1. The minimum Gasteiger partial charge on any atom is -0.494 e. The molecule has 6 nitrogen and oxygen atoms in total. The molecule has 3 rings (SSSR count). The maximum absolute atomic E-state index is 12.3. The van der Waals surface area contributed by atoms with Gasteiger partial charge < -0.3 is 10.1 Å². The standard InChI is InChI=1S/C20H21ClN4O2/c1-3-13-22-20(26)18-23-19(14-5-7-15(21)8-6-14)25(24-18)16-9-11-17(12-10-16)27-4-2/h5-12H,3-4,13H2,1-2H3,(H,22,26).